The van der Waals surface area contributed by atoms with Gasteiger partial charge in [-0.05, 0) is 119 Å². The Hall–Kier alpha value is -7.68. The van der Waals surface area contributed by atoms with Crippen LogP contribution in [0.15, 0.2) is 217 Å². The fraction of sp³-hybridized carbons (Fsp3) is 0. The molecule has 2 heteroatoms. The maximum atomic E-state index is 6.64. The molecule has 0 fully saturated rings. The molecule has 12 rings (SSSR count). The Labute approximate surface area is 335 Å². The smallest absolute Gasteiger partial charge is 0.137 e. The molecule has 0 amide bonds. The molecule has 0 atom stereocenters. The van der Waals surface area contributed by atoms with Crippen LogP contribution >= 0.6 is 0 Å². The molecule has 270 valence electrons. The zero-order chi connectivity index (χ0) is 38.2. The van der Waals surface area contributed by atoms with Gasteiger partial charge in [0.2, 0.25) is 0 Å². The van der Waals surface area contributed by atoms with E-state index in [-0.39, 0.29) is 0 Å². The summed E-state index contributed by atoms with van der Waals surface area (Å²) in [6.45, 7) is 0. The van der Waals surface area contributed by atoms with Crippen molar-refractivity contribution in [3.63, 3.8) is 0 Å². The van der Waals surface area contributed by atoms with Crippen molar-refractivity contribution in [1.29, 1.82) is 0 Å². The third-order valence-electron chi connectivity index (χ3n) is 12.0. The highest BCUT2D eigenvalue weighted by molar-refractivity contribution is 6.18. The second-order valence-corrected chi connectivity index (χ2v) is 15.3. The molecule has 58 heavy (non-hydrogen) atoms. The lowest BCUT2D eigenvalue weighted by Gasteiger charge is -2.29. The standard InChI is InChI=1S/C56H35NO/c1-2-14-40-35-55-51(33-39(40)13-1)56-53(22-11-23-54(56)58-55)57(43-30-31-46-42(32-43)29-28-36-12-3-5-16-44(36)46)52-21-10-9-18-47(52)37-24-26-38(27-25-37)50-34-41-15-4-6-17-45(41)48-19-7-8-20-49(48)50/h1-35H. The van der Waals surface area contributed by atoms with E-state index in [0.29, 0.717) is 0 Å². The number of furan rings is 1. The van der Waals surface area contributed by atoms with E-state index >= 15 is 0 Å². The van der Waals surface area contributed by atoms with Gasteiger partial charge in [0.15, 0.2) is 0 Å². The molecule has 0 unspecified atom stereocenters. The van der Waals surface area contributed by atoms with Gasteiger partial charge in [-0.1, -0.05) is 164 Å². The summed E-state index contributed by atoms with van der Waals surface area (Å²) in [7, 11) is 0. The number of anilines is 3. The Kier molecular flexibility index (Phi) is 7.26. The molecule has 12 aromatic rings. The van der Waals surface area contributed by atoms with Gasteiger partial charge in [-0.15, -0.1) is 0 Å². The van der Waals surface area contributed by atoms with Crippen molar-refractivity contribution in [3.8, 4) is 22.3 Å². The van der Waals surface area contributed by atoms with E-state index in [1.54, 1.807) is 0 Å². The summed E-state index contributed by atoms with van der Waals surface area (Å²) in [6, 6.07) is 77.1. The number of hydrogen-bond acceptors (Lipinski definition) is 2. The summed E-state index contributed by atoms with van der Waals surface area (Å²) >= 11 is 0. The van der Waals surface area contributed by atoms with E-state index in [0.717, 1.165) is 50.1 Å². The summed E-state index contributed by atoms with van der Waals surface area (Å²) < 4.78 is 6.64. The third-order valence-corrected chi connectivity index (χ3v) is 12.0. The van der Waals surface area contributed by atoms with Crippen molar-refractivity contribution in [2.75, 3.05) is 4.90 Å². The molecule has 0 spiro atoms. The lowest BCUT2D eigenvalue weighted by atomic mass is 9.92. The van der Waals surface area contributed by atoms with Gasteiger partial charge in [-0.3, -0.25) is 0 Å². The first-order chi connectivity index (χ1) is 28.7. The van der Waals surface area contributed by atoms with E-state index in [2.05, 4.69) is 217 Å². The normalized spacial score (nSPS) is 11.8. The average molecular weight is 738 g/mol. The molecule has 0 saturated heterocycles. The molecular weight excluding hydrogens is 703 g/mol. The number of rotatable bonds is 5. The Morgan fingerprint density at radius 2 is 0.862 bits per heavy atom. The van der Waals surface area contributed by atoms with Crippen LogP contribution in [0.5, 0.6) is 0 Å². The summed E-state index contributed by atoms with van der Waals surface area (Å²) in [5.41, 5.74) is 9.72. The van der Waals surface area contributed by atoms with Crippen LogP contribution in [0, 0.1) is 0 Å². The molecule has 1 aromatic heterocycles. The van der Waals surface area contributed by atoms with E-state index in [1.165, 1.54) is 65.0 Å². The first kappa shape index (κ1) is 32.6. The molecule has 0 aliphatic heterocycles. The zero-order valence-electron chi connectivity index (χ0n) is 31.6. The first-order valence-corrected chi connectivity index (χ1v) is 19.9. The van der Waals surface area contributed by atoms with Crippen LogP contribution in [0.1, 0.15) is 0 Å². The topological polar surface area (TPSA) is 16.4 Å². The lowest BCUT2D eigenvalue weighted by Crippen LogP contribution is -2.11. The largest absolute Gasteiger partial charge is 0.456 e. The molecule has 0 bridgehead atoms. The molecule has 0 aliphatic rings. The number of hydrogen-bond donors (Lipinski definition) is 0. The SMILES string of the molecule is c1ccc(N(c2ccc3c(ccc4ccccc43)c2)c2cccc3oc4cc5ccccc5cc4c23)c(-c2ccc(-c3cc4ccccc4c4ccccc34)cc2)c1. The maximum Gasteiger partial charge on any atom is 0.137 e. The Morgan fingerprint density at radius 1 is 0.293 bits per heavy atom. The van der Waals surface area contributed by atoms with Crippen LogP contribution in [0.2, 0.25) is 0 Å². The predicted octanol–water partition coefficient (Wildman–Crippen LogP) is 16.2. The van der Waals surface area contributed by atoms with Gasteiger partial charge in [0.1, 0.15) is 11.2 Å². The molecule has 0 radical (unpaired) electrons. The maximum absolute atomic E-state index is 6.64. The molecular formula is C56H35NO. The number of benzene rings is 11. The quantitative estimate of drug-likeness (QED) is 0.164. The van der Waals surface area contributed by atoms with Crippen molar-refractivity contribution in [3.05, 3.63) is 212 Å². The minimum atomic E-state index is 0.865. The summed E-state index contributed by atoms with van der Waals surface area (Å²) in [4.78, 5) is 2.43. The molecule has 0 aliphatic carbocycles. The molecule has 0 N–H and O–H groups in total. The van der Waals surface area contributed by atoms with Gasteiger partial charge in [-0.25, -0.2) is 0 Å². The highest BCUT2D eigenvalue weighted by atomic mass is 16.3. The van der Waals surface area contributed by atoms with Gasteiger partial charge in [-0.2, -0.15) is 0 Å². The van der Waals surface area contributed by atoms with Crippen LogP contribution < -0.4 is 4.90 Å². The lowest BCUT2D eigenvalue weighted by molar-refractivity contribution is 0.669. The minimum Gasteiger partial charge on any atom is -0.456 e. The van der Waals surface area contributed by atoms with E-state index in [4.69, 9.17) is 4.42 Å². The highest BCUT2D eigenvalue weighted by Crippen LogP contribution is 2.47. The fourth-order valence-corrected chi connectivity index (χ4v) is 9.26. The van der Waals surface area contributed by atoms with Crippen LogP contribution in [-0.2, 0) is 0 Å². The molecule has 11 aromatic carbocycles. The Morgan fingerprint density at radius 3 is 1.67 bits per heavy atom. The highest BCUT2D eigenvalue weighted by Gasteiger charge is 2.23. The summed E-state index contributed by atoms with van der Waals surface area (Å²) in [6.07, 6.45) is 0. The van der Waals surface area contributed by atoms with Gasteiger partial charge in [0, 0.05) is 16.6 Å². The summed E-state index contributed by atoms with van der Waals surface area (Å²) in [5.74, 6) is 0. The van der Waals surface area contributed by atoms with E-state index < -0.39 is 0 Å². The number of fused-ring (bicyclic) bond motifs is 10. The second-order valence-electron chi connectivity index (χ2n) is 15.3. The molecule has 1 heterocycles. The first-order valence-electron chi connectivity index (χ1n) is 19.9. The Bertz CT molecular complexity index is 3580. The van der Waals surface area contributed by atoms with Gasteiger partial charge in [0.25, 0.3) is 0 Å². The predicted molar refractivity (Wildman–Crippen MR) is 247 cm³/mol. The van der Waals surface area contributed by atoms with Crippen molar-refractivity contribution in [2.24, 2.45) is 0 Å². The molecule has 2 nitrogen and oxygen atoms in total. The number of para-hydroxylation sites is 1. The monoisotopic (exact) mass is 737 g/mol. The van der Waals surface area contributed by atoms with Crippen LogP contribution in [0.25, 0.3) is 98.1 Å². The Balaban J connectivity index is 1.07. The van der Waals surface area contributed by atoms with Crippen LogP contribution in [0.4, 0.5) is 17.1 Å². The van der Waals surface area contributed by atoms with Gasteiger partial charge >= 0.3 is 0 Å². The second kappa shape index (κ2) is 12.9. The number of nitrogens with zero attached hydrogens (tertiary/aromatic N) is 1. The van der Waals surface area contributed by atoms with Crippen molar-refractivity contribution in [2.45, 2.75) is 0 Å². The fourth-order valence-electron chi connectivity index (χ4n) is 9.26. The van der Waals surface area contributed by atoms with Gasteiger partial charge in [0.05, 0.1) is 16.8 Å². The van der Waals surface area contributed by atoms with E-state index in [1.807, 2.05) is 0 Å². The van der Waals surface area contributed by atoms with Crippen molar-refractivity contribution >= 4 is 92.9 Å². The van der Waals surface area contributed by atoms with Crippen molar-refractivity contribution < 1.29 is 4.42 Å². The van der Waals surface area contributed by atoms with Crippen LogP contribution in [0.3, 0.4) is 0 Å². The summed E-state index contributed by atoms with van der Waals surface area (Å²) in [5, 5.41) is 14.6. The van der Waals surface area contributed by atoms with Crippen LogP contribution in [-0.4, -0.2) is 0 Å². The average Bonchev–Trinajstić information content (AvgIpc) is 3.66. The molecule has 0 saturated carbocycles. The zero-order valence-corrected chi connectivity index (χ0v) is 31.6. The van der Waals surface area contributed by atoms with E-state index in [9.17, 15) is 0 Å². The third kappa shape index (κ3) is 5.12. The minimum absolute atomic E-state index is 0.865. The van der Waals surface area contributed by atoms with Gasteiger partial charge < -0.3 is 9.32 Å². The van der Waals surface area contributed by atoms with Crippen molar-refractivity contribution in [1.82, 2.24) is 0 Å².